The first kappa shape index (κ1) is 22.5. The maximum atomic E-state index is 12.4. The van der Waals surface area contributed by atoms with Gasteiger partial charge in [-0.25, -0.2) is 9.59 Å². The molecule has 148 valence electrons. The molecule has 0 spiro atoms. The van der Waals surface area contributed by atoms with Gasteiger partial charge in [0.05, 0.1) is 0 Å². The zero-order chi connectivity index (χ0) is 20.4. The maximum Gasteiger partial charge on any atom is 0.329 e. The second-order valence-electron chi connectivity index (χ2n) is 5.82. The molecule has 1 aromatic rings. The molecular formula is C18H25N3O5S. The molecule has 0 bridgehead atoms. The van der Waals surface area contributed by atoms with Gasteiger partial charge in [0, 0.05) is 12.6 Å². The lowest BCUT2D eigenvalue weighted by Gasteiger charge is -2.20. The number of amides is 4. The third-order valence-corrected chi connectivity index (χ3v) is 4.25. The van der Waals surface area contributed by atoms with E-state index in [4.69, 9.17) is 4.74 Å². The summed E-state index contributed by atoms with van der Waals surface area (Å²) in [5, 5.41) is 6.92. The summed E-state index contributed by atoms with van der Waals surface area (Å²) >= 11 is 1.52. The van der Waals surface area contributed by atoms with Gasteiger partial charge in [0.1, 0.15) is 6.04 Å². The van der Waals surface area contributed by atoms with E-state index in [9.17, 15) is 19.2 Å². The molecule has 0 heterocycles. The molecule has 0 aliphatic heterocycles. The lowest BCUT2D eigenvalue weighted by Crippen LogP contribution is -2.47. The number of hydrogen-bond donors (Lipinski definition) is 3. The van der Waals surface area contributed by atoms with Crippen LogP contribution in [0.4, 0.5) is 4.79 Å². The van der Waals surface area contributed by atoms with Crippen LogP contribution in [0.2, 0.25) is 0 Å². The summed E-state index contributed by atoms with van der Waals surface area (Å²) in [6.45, 7) is 3.22. The number of ether oxygens (including phenoxy) is 1. The molecule has 0 saturated carbocycles. The van der Waals surface area contributed by atoms with Gasteiger partial charge in [-0.15, -0.1) is 0 Å². The van der Waals surface area contributed by atoms with Crippen LogP contribution < -0.4 is 16.0 Å². The summed E-state index contributed by atoms with van der Waals surface area (Å²) in [4.78, 5) is 47.8. The number of imide groups is 1. The van der Waals surface area contributed by atoms with Crippen molar-refractivity contribution < 1.29 is 23.9 Å². The number of carbonyl (C=O) groups excluding carboxylic acids is 4. The van der Waals surface area contributed by atoms with E-state index >= 15 is 0 Å². The Hall–Kier alpha value is -2.55. The van der Waals surface area contributed by atoms with Crippen molar-refractivity contribution in [1.29, 1.82) is 0 Å². The van der Waals surface area contributed by atoms with Gasteiger partial charge < -0.3 is 15.4 Å². The van der Waals surface area contributed by atoms with Crippen LogP contribution in [-0.4, -0.2) is 55.0 Å². The summed E-state index contributed by atoms with van der Waals surface area (Å²) in [6, 6.07) is 5.38. The number of rotatable bonds is 8. The van der Waals surface area contributed by atoms with Crippen molar-refractivity contribution >= 4 is 35.6 Å². The van der Waals surface area contributed by atoms with E-state index in [2.05, 4.69) is 10.6 Å². The molecule has 9 heteroatoms. The van der Waals surface area contributed by atoms with Gasteiger partial charge >= 0.3 is 12.0 Å². The van der Waals surface area contributed by atoms with Crippen LogP contribution in [0.3, 0.4) is 0 Å². The summed E-state index contributed by atoms with van der Waals surface area (Å²) in [5.41, 5.74) is 1.35. The van der Waals surface area contributed by atoms with E-state index in [1.807, 2.05) is 24.6 Å². The molecule has 2 atom stereocenters. The second-order valence-corrected chi connectivity index (χ2v) is 6.81. The molecule has 0 aromatic heterocycles. The lowest BCUT2D eigenvalue weighted by molar-refractivity contribution is -0.156. The minimum absolute atomic E-state index is 0.349. The monoisotopic (exact) mass is 395 g/mol. The fourth-order valence-electron chi connectivity index (χ4n) is 2.10. The SMILES string of the molecule is CNC(=O)NC(=O)[C@H](C)OC(=O)[C@@H](CCSC)NC(=O)c1cccc(C)c1. The number of carbonyl (C=O) groups is 4. The molecule has 0 aliphatic carbocycles. The molecule has 0 unspecified atom stereocenters. The van der Waals surface area contributed by atoms with E-state index in [-0.39, 0.29) is 0 Å². The maximum absolute atomic E-state index is 12.4. The van der Waals surface area contributed by atoms with Crippen molar-refractivity contribution in [2.75, 3.05) is 19.1 Å². The normalized spacial score (nSPS) is 12.4. The fourth-order valence-corrected chi connectivity index (χ4v) is 2.57. The van der Waals surface area contributed by atoms with Crippen LogP contribution in [0.5, 0.6) is 0 Å². The fraction of sp³-hybridized carbons (Fsp3) is 0.444. The molecule has 0 fully saturated rings. The third-order valence-electron chi connectivity index (χ3n) is 3.61. The molecule has 0 radical (unpaired) electrons. The Morgan fingerprint density at radius 3 is 2.52 bits per heavy atom. The van der Waals surface area contributed by atoms with Crippen LogP contribution in [0.25, 0.3) is 0 Å². The highest BCUT2D eigenvalue weighted by Crippen LogP contribution is 2.08. The zero-order valence-corrected chi connectivity index (χ0v) is 16.6. The standard InChI is InChI=1S/C18H25N3O5S/c1-11-6-5-7-13(10-11)16(23)20-14(8-9-27-4)17(24)26-12(2)15(22)21-18(25)19-3/h5-7,10,12,14H,8-9H2,1-4H3,(H,20,23)(H2,19,21,22,25)/t12-,14+/m0/s1. The Kier molecular flexibility index (Phi) is 9.35. The lowest BCUT2D eigenvalue weighted by atomic mass is 10.1. The average molecular weight is 395 g/mol. The Morgan fingerprint density at radius 1 is 1.22 bits per heavy atom. The summed E-state index contributed by atoms with van der Waals surface area (Å²) in [5.74, 6) is -1.27. The number of nitrogens with one attached hydrogen (secondary N) is 3. The Balaban J connectivity index is 2.76. The molecule has 8 nitrogen and oxygen atoms in total. The highest BCUT2D eigenvalue weighted by molar-refractivity contribution is 7.98. The van der Waals surface area contributed by atoms with Gasteiger partial charge in [-0.1, -0.05) is 17.7 Å². The molecule has 27 heavy (non-hydrogen) atoms. The third kappa shape index (κ3) is 7.69. The van der Waals surface area contributed by atoms with Gasteiger partial charge in [0.2, 0.25) is 0 Å². The Labute approximate surface area is 162 Å². The predicted octanol–water partition coefficient (Wildman–Crippen LogP) is 1.23. The van der Waals surface area contributed by atoms with Crippen LogP contribution in [0.1, 0.15) is 29.3 Å². The molecule has 0 aliphatic rings. The molecule has 3 N–H and O–H groups in total. The van der Waals surface area contributed by atoms with Crippen LogP contribution >= 0.6 is 11.8 Å². The van der Waals surface area contributed by atoms with E-state index < -0.39 is 36.0 Å². The Bertz CT molecular complexity index is 695. The van der Waals surface area contributed by atoms with Crippen LogP contribution in [0.15, 0.2) is 24.3 Å². The van der Waals surface area contributed by atoms with E-state index in [1.165, 1.54) is 25.7 Å². The van der Waals surface area contributed by atoms with Crippen molar-refractivity contribution in [2.45, 2.75) is 32.4 Å². The van der Waals surface area contributed by atoms with Crippen molar-refractivity contribution in [2.24, 2.45) is 0 Å². The van der Waals surface area contributed by atoms with Crippen molar-refractivity contribution in [1.82, 2.24) is 16.0 Å². The van der Waals surface area contributed by atoms with Crippen molar-refractivity contribution in [3.8, 4) is 0 Å². The second kappa shape index (κ2) is 11.2. The van der Waals surface area contributed by atoms with Crippen LogP contribution in [0, 0.1) is 6.92 Å². The molecule has 4 amide bonds. The minimum atomic E-state index is -1.18. The average Bonchev–Trinajstić information content (AvgIpc) is 2.64. The summed E-state index contributed by atoms with van der Waals surface area (Å²) < 4.78 is 5.12. The number of thioether (sulfide) groups is 1. The largest absolute Gasteiger partial charge is 0.451 e. The number of urea groups is 1. The predicted molar refractivity (Wildman–Crippen MR) is 104 cm³/mol. The molecular weight excluding hydrogens is 370 g/mol. The quantitative estimate of drug-likeness (QED) is 0.571. The van der Waals surface area contributed by atoms with E-state index in [0.29, 0.717) is 17.7 Å². The van der Waals surface area contributed by atoms with E-state index in [0.717, 1.165) is 5.56 Å². The molecule has 0 saturated heterocycles. The first-order valence-corrected chi connectivity index (χ1v) is 9.77. The van der Waals surface area contributed by atoms with Gasteiger partial charge in [-0.2, -0.15) is 11.8 Å². The highest BCUT2D eigenvalue weighted by atomic mass is 32.2. The zero-order valence-electron chi connectivity index (χ0n) is 15.8. The van der Waals surface area contributed by atoms with Crippen LogP contribution in [-0.2, 0) is 14.3 Å². The van der Waals surface area contributed by atoms with Gasteiger partial charge in [0.15, 0.2) is 6.10 Å². The summed E-state index contributed by atoms with van der Waals surface area (Å²) in [7, 11) is 1.36. The van der Waals surface area contributed by atoms with E-state index in [1.54, 1.807) is 18.2 Å². The molecule has 1 rings (SSSR count). The first-order valence-electron chi connectivity index (χ1n) is 8.38. The Morgan fingerprint density at radius 2 is 1.93 bits per heavy atom. The number of benzene rings is 1. The number of hydrogen-bond acceptors (Lipinski definition) is 6. The molecule has 1 aromatic carbocycles. The van der Waals surface area contributed by atoms with Gasteiger partial charge in [-0.3, -0.25) is 14.9 Å². The number of esters is 1. The first-order chi connectivity index (χ1) is 12.8. The van der Waals surface area contributed by atoms with Gasteiger partial charge in [0.25, 0.3) is 11.8 Å². The highest BCUT2D eigenvalue weighted by Gasteiger charge is 2.27. The smallest absolute Gasteiger partial charge is 0.329 e. The topological polar surface area (TPSA) is 114 Å². The number of aryl methyl sites for hydroxylation is 1. The van der Waals surface area contributed by atoms with Crippen molar-refractivity contribution in [3.63, 3.8) is 0 Å². The van der Waals surface area contributed by atoms with Crippen molar-refractivity contribution in [3.05, 3.63) is 35.4 Å². The van der Waals surface area contributed by atoms with Gasteiger partial charge in [-0.05, 0) is 44.4 Å². The minimum Gasteiger partial charge on any atom is -0.451 e. The summed E-state index contributed by atoms with van der Waals surface area (Å²) in [6.07, 6.45) is 1.05.